The monoisotopic (exact) mass is 521 g/mol. The number of ketones is 2. The molecule has 0 spiro atoms. The lowest BCUT2D eigenvalue weighted by atomic mass is 9.67. The fraction of sp³-hybridized carbons (Fsp3) is 0.189. The third kappa shape index (κ3) is 4.23. The topological polar surface area (TPSA) is 37.4 Å². The number of carbonyl (C=O) groups is 2. The molecule has 0 saturated carbocycles. The molecule has 0 radical (unpaired) electrons. The third-order valence-electron chi connectivity index (χ3n) is 8.77. The normalized spacial score (nSPS) is 21.4. The largest absolute Gasteiger partial charge is 0.317 e. The van der Waals surface area contributed by atoms with E-state index in [0.717, 1.165) is 46.6 Å². The number of hydrogen-bond donors (Lipinski definition) is 0. The number of nitrogens with zero attached hydrogens (tertiary/aromatic N) is 1. The highest BCUT2D eigenvalue weighted by Gasteiger charge is 2.47. The van der Waals surface area contributed by atoms with Crippen molar-refractivity contribution in [3.63, 3.8) is 0 Å². The Kier molecular flexibility index (Phi) is 6.28. The maximum Gasteiger partial charge on any atom is 0.162 e. The van der Waals surface area contributed by atoms with Gasteiger partial charge in [-0.2, -0.15) is 0 Å². The fourth-order valence-corrected chi connectivity index (χ4v) is 7.00. The van der Waals surface area contributed by atoms with Gasteiger partial charge >= 0.3 is 0 Å². The third-order valence-corrected chi connectivity index (χ3v) is 8.77. The summed E-state index contributed by atoms with van der Waals surface area (Å²) in [7, 11) is 0. The second kappa shape index (κ2) is 10.2. The SMILES string of the molecule is O=C1C[C@@H](c2ccccc2)CC2=C1C(c1ccccc1)C1=C(C[C@H](c3ccccc3)CC1=O)N2c1ccccc1. The van der Waals surface area contributed by atoms with Crippen molar-refractivity contribution >= 4 is 17.3 Å². The quantitative estimate of drug-likeness (QED) is 0.272. The number of Topliss-reactive ketones (excluding diaryl/α,β-unsaturated/α-hetero) is 2. The van der Waals surface area contributed by atoms with Crippen molar-refractivity contribution in [2.45, 2.75) is 43.4 Å². The second-order valence-electron chi connectivity index (χ2n) is 11.1. The molecule has 0 amide bonds. The van der Waals surface area contributed by atoms with Crippen LogP contribution in [0.1, 0.15) is 60.1 Å². The minimum absolute atomic E-state index is 0.0986. The zero-order valence-corrected chi connectivity index (χ0v) is 22.4. The molecular weight excluding hydrogens is 490 g/mol. The van der Waals surface area contributed by atoms with E-state index in [0.29, 0.717) is 12.8 Å². The summed E-state index contributed by atoms with van der Waals surface area (Å²) in [6.07, 6.45) is 2.42. The van der Waals surface area contributed by atoms with Crippen molar-refractivity contribution in [3.05, 3.63) is 161 Å². The summed E-state index contributed by atoms with van der Waals surface area (Å²) in [5.74, 6) is 0.159. The molecule has 0 unspecified atom stereocenters. The van der Waals surface area contributed by atoms with Crippen molar-refractivity contribution in [1.82, 2.24) is 0 Å². The number of carbonyl (C=O) groups excluding carboxylic acids is 2. The molecule has 196 valence electrons. The van der Waals surface area contributed by atoms with Crippen LogP contribution in [-0.4, -0.2) is 11.6 Å². The molecule has 1 heterocycles. The van der Waals surface area contributed by atoms with Crippen molar-refractivity contribution in [2.75, 3.05) is 4.90 Å². The number of hydrogen-bond acceptors (Lipinski definition) is 3. The summed E-state index contributed by atoms with van der Waals surface area (Å²) >= 11 is 0. The minimum atomic E-state index is -0.334. The van der Waals surface area contributed by atoms with Gasteiger partial charge in [-0.25, -0.2) is 0 Å². The van der Waals surface area contributed by atoms with Gasteiger partial charge in [0.25, 0.3) is 0 Å². The van der Waals surface area contributed by atoms with Crippen LogP contribution in [-0.2, 0) is 9.59 Å². The van der Waals surface area contributed by atoms with Gasteiger partial charge in [0, 0.05) is 47.0 Å². The Morgan fingerprint density at radius 3 is 1.25 bits per heavy atom. The standard InChI is InChI=1S/C37H31NO2/c39-33-23-28(25-13-5-1-6-14-25)21-31-36(33)35(27-17-9-3-10-18-27)37-32(38(31)30-19-11-4-12-20-30)22-29(24-34(37)40)26-15-7-2-8-16-26/h1-20,28-29,35H,21-24H2/t28-,29-/m0/s1. The number of para-hydroxylation sites is 1. The van der Waals surface area contributed by atoms with Crippen LogP contribution in [0.4, 0.5) is 5.69 Å². The summed E-state index contributed by atoms with van der Waals surface area (Å²) in [6.45, 7) is 0. The van der Waals surface area contributed by atoms with Gasteiger partial charge in [-0.1, -0.05) is 109 Å². The molecule has 4 aromatic rings. The van der Waals surface area contributed by atoms with Crippen LogP contribution in [0.3, 0.4) is 0 Å². The van der Waals surface area contributed by atoms with Crippen molar-refractivity contribution < 1.29 is 9.59 Å². The van der Waals surface area contributed by atoms with Gasteiger partial charge in [0.1, 0.15) is 0 Å². The first kappa shape index (κ1) is 24.5. The van der Waals surface area contributed by atoms with E-state index in [2.05, 4.69) is 77.7 Å². The summed E-state index contributed by atoms with van der Waals surface area (Å²) in [5, 5.41) is 0. The predicted octanol–water partition coefficient (Wildman–Crippen LogP) is 8.09. The Morgan fingerprint density at radius 2 is 0.825 bits per heavy atom. The zero-order valence-electron chi connectivity index (χ0n) is 22.4. The van der Waals surface area contributed by atoms with Crippen LogP contribution in [0.15, 0.2) is 144 Å². The van der Waals surface area contributed by atoms with Crippen LogP contribution in [0, 0.1) is 0 Å². The first-order chi connectivity index (χ1) is 19.7. The molecule has 4 aromatic carbocycles. The molecule has 2 atom stereocenters. The molecule has 0 fully saturated rings. The molecule has 1 aliphatic heterocycles. The highest BCUT2D eigenvalue weighted by molar-refractivity contribution is 6.08. The highest BCUT2D eigenvalue weighted by atomic mass is 16.1. The van der Waals surface area contributed by atoms with Crippen molar-refractivity contribution in [1.29, 1.82) is 0 Å². The maximum atomic E-state index is 14.2. The number of benzene rings is 4. The summed E-state index contributed by atoms with van der Waals surface area (Å²) in [4.78, 5) is 30.7. The minimum Gasteiger partial charge on any atom is -0.317 e. The molecule has 3 nitrogen and oxygen atoms in total. The van der Waals surface area contributed by atoms with Crippen molar-refractivity contribution in [3.8, 4) is 0 Å². The molecule has 0 N–H and O–H groups in total. The van der Waals surface area contributed by atoms with Gasteiger partial charge in [-0.3, -0.25) is 9.59 Å². The van der Waals surface area contributed by atoms with E-state index in [9.17, 15) is 9.59 Å². The van der Waals surface area contributed by atoms with Crippen LogP contribution in [0.25, 0.3) is 0 Å². The number of allylic oxidation sites excluding steroid dienone is 4. The molecule has 7 rings (SSSR count). The lowest BCUT2D eigenvalue weighted by Gasteiger charge is -2.46. The van der Waals surface area contributed by atoms with Gasteiger partial charge in [-0.15, -0.1) is 0 Å². The van der Waals surface area contributed by atoms with E-state index in [-0.39, 0.29) is 29.3 Å². The Hall–Kier alpha value is -4.50. The Balaban J connectivity index is 1.45. The summed E-state index contributed by atoms with van der Waals surface area (Å²) in [6, 6.07) is 41.3. The molecule has 40 heavy (non-hydrogen) atoms. The lowest BCUT2D eigenvalue weighted by molar-refractivity contribution is -0.117. The molecule has 3 heteroatoms. The van der Waals surface area contributed by atoms with Crippen LogP contribution < -0.4 is 4.90 Å². The molecule has 3 aliphatic rings. The van der Waals surface area contributed by atoms with Crippen LogP contribution in [0.5, 0.6) is 0 Å². The van der Waals surface area contributed by atoms with E-state index in [1.807, 2.05) is 48.5 Å². The Labute approximate surface area is 235 Å². The Morgan fingerprint density at radius 1 is 0.450 bits per heavy atom. The highest BCUT2D eigenvalue weighted by Crippen LogP contribution is 2.54. The van der Waals surface area contributed by atoms with Gasteiger partial charge < -0.3 is 4.90 Å². The first-order valence-corrected chi connectivity index (χ1v) is 14.2. The fourth-order valence-electron chi connectivity index (χ4n) is 7.00. The Bertz CT molecular complexity index is 1540. The van der Waals surface area contributed by atoms with Gasteiger partial charge in [0.2, 0.25) is 0 Å². The van der Waals surface area contributed by atoms with E-state index in [1.165, 1.54) is 11.1 Å². The molecular formula is C37H31NO2. The molecule has 2 aliphatic carbocycles. The number of anilines is 1. The zero-order chi connectivity index (χ0) is 27.1. The summed E-state index contributed by atoms with van der Waals surface area (Å²) in [5.41, 5.74) is 8.10. The smallest absolute Gasteiger partial charge is 0.162 e. The van der Waals surface area contributed by atoms with Gasteiger partial charge in [0.05, 0.1) is 0 Å². The molecule has 0 aromatic heterocycles. The number of rotatable bonds is 4. The lowest BCUT2D eigenvalue weighted by Crippen LogP contribution is -2.41. The first-order valence-electron chi connectivity index (χ1n) is 14.2. The van der Waals surface area contributed by atoms with Crippen molar-refractivity contribution in [2.24, 2.45) is 0 Å². The average molecular weight is 522 g/mol. The van der Waals surface area contributed by atoms with E-state index < -0.39 is 0 Å². The predicted molar refractivity (Wildman–Crippen MR) is 159 cm³/mol. The van der Waals surface area contributed by atoms with Gasteiger partial charge in [-0.05, 0) is 53.5 Å². The van der Waals surface area contributed by atoms with Crippen LogP contribution in [0.2, 0.25) is 0 Å². The molecule has 0 saturated heterocycles. The average Bonchev–Trinajstić information content (AvgIpc) is 3.01. The van der Waals surface area contributed by atoms with E-state index in [1.54, 1.807) is 0 Å². The van der Waals surface area contributed by atoms with E-state index in [4.69, 9.17) is 0 Å². The van der Waals surface area contributed by atoms with E-state index >= 15 is 0 Å². The summed E-state index contributed by atoms with van der Waals surface area (Å²) < 4.78 is 0. The van der Waals surface area contributed by atoms with Crippen LogP contribution >= 0.6 is 0 Å². The van der Waals surface area contributed by atoms with Gasteiger partial charge in [0.15, 0.2) is 11.6 Å². The molecule has 0 bridgehead atoms. The maximum absolute atomic E-state index is 14.2. The second-order valence-corrected chi connectivity index (χ2v) is 11.1.